The van der Waals surface area contributed by atoms with E-state index in [1.54, 1.807) is 10.6 Å². The molecule has 3 atom stereocenters. The van der Waals surface area contributed by atoms with Crippen LogP contribution in [0.25, 0.3) is 10.2 Å². The topological polar surface area (TPSA) is 64.0 Å². The molecule has 0 spiro atoms. The molecule has 1 amide bonds. The van der Waals surface area contributed by atoms with Gasteiger partial charge in [-0.3, -0.25) is 14.2 Å². The summed E-state index contributed by atoms with van der Waals surface area (Å²) >= 11 is 7.54. The van der Waals surface area contributed by atoms with Gasteiger partial charge < -0.3 is 5.32 Å². The highest BCUT2D eigenvalue weighted by Gasteiger charge is 2.29. The highest BCUT2D eigenvalue weighted by Crippen LogP contribution is 2.31. The molecule has 0 radical (unpaired) electrons. The minimum atomic E-state index is -0.146. The number of rotatable bonds is 4. The predicted octanol–water partition coefficient (Wildman–Crippen LogP) is 5.02. The van der Waals surface area contributed by atoms with Crippen LogP contribution in [0.5, 0.6) is 0 Å². The average molecular weight is 444 g/mol. The van der Waals surface area contributed by atoms with Crippen LogP contribution in [0.15, 0.2) is 35.4 Å². The van der Waals surface area contributed by atoms with Crippen molar-refractivity contribution >= 4 is 39.1 Å². The third kappa shape index (κ3) is 3.91. The molecule has 1 aromatic carbocycles. The van der Waals surface area contributed by atoms with E-state index in [4.69, 9.17) is 11.6 Å². The van der Waals surface area contributed by atoms with E-state index in [0.717, 1.165) is 18.4 Å². The van der Waals surface area contributed by atoms with Crippen LogP contribution < -0.4 is 10.9 Å². The smallest absolute Gasteiger partial charge is 0.262 e. The van der Waals surface area contributed by atoms with Crippen LogP contribution in [0.4, 0.5) is 0 Å². The van der Waals surface area contributed by atoms with Crippen molar-refractivity contribution in [3.63, 3.8) is 0 Å². The normalized spacial score (nSPS) is 21.7. The van der Waals surface area contributed by atoms with Crippen LogP contribution in [0, 0.1) is 18.8 Å². The summed E-state index contributed by atoms with van der Waals surface area (Å²) in [7, 11) is 0. The zero-order valence-electron chi connectivity index (χ0n) is 17.4. The van der Waals surface area contributed by atoms with E-state index in [1.807, 2.05) is 25.1 Å². The van der Waals surface area contributed by atoms with E-state index < -0.39 is 0 Å². The van der Waals surface area contributed by atoms with Crippen LogP contribution in [0.3, 0.4) is 0 Å². The molecule has 3 aromatic rings. The maximum atomic E-state index is 13.1. The highest BCUT2D eigenvalue weighted by molar-refractivity contribution is 7.20. The third-order valence-electron chi connectivity index (χ3n) is 6.45. The molecule has 1 N–H and O–H groups in total. The van der Waals surface area contributed by atoms with E-state index in [-0.39, 0.29) is 17.5 Å². The van der Waals surface area contributed by atoms with Gasteiger partial charge in [-0.2, -0.15) is 0 Å². The van der Waals surface area contributed by atoms with Crippen LogP contribution in [-0.4, -0.2) is 21.5 Å². The molecule has 2 aromatic heterocycles. The van der Waals surface area contributed by atoms with Crippen molar-refractivity contribution in [2.24, 2.45) is 11.8 Å². The number of thiophene rings is 1. The summed E-state index contributed by atoms with van der Waals surface area (Å²) in [5.74, 6) is 0.952. The highest BCUT2D eigenvalue weighted by atomic mass is 35.5. The van der Waals surface area contributed by atoms with Crippen molar-refractivity contribution in [1.29, 1.82) is 0 Å². The maximum Gasteiger partial charge on any atom is 0.262 e. The summed E-state index contributed by atoms with van der Waals surface area (Å²) in [6, 6.07) is 7.63. The molecule has 0 aliphatic heterocycles. The quantitative estimate of drug-likeness (QED) is 0.615. The molecule has 0 saturated heterocycles. The van der Waals surface area contributed by atoms with Crippen molar-refractivity contribution in [2.45, 2.75) is 52.6 Å². The first-order valence-electron chi connectivity index (χ1n) is 10.4. The van der Waals surface area contributed by atoms with Crippen LogP contribution >= 0.6 is 22.9 Å². The number of hydrogen-bond donors (Lipinski definition) is 1. The maximum absolute atomic E-state index is 13.1. The number of carbonyl (C=O) groups excluding carboxylic acids is 1. The molecule has 4 rings (SSSR count). The second-order valence-corrected chi connectivity index (χ2v) is 9.76. The van der Waals surface area contributed by atoms with E-state index in [2.05, 4.69) is 24.1 Å². The minimum absolute atomic E-state index is 0.0986. The molecule has 3 unspecified atom stereocenters. The van der Waals surface area contributed by atoms with Crippen molar-refractivity contribution in [3.8, 4) is 0 Å². The second-order valence-electron chi connectivity index (χ2n) is 8.35. The largest absolute Gasteiger partial charge is 0.348 e. The van der Waals surface area contributed by atoms with Gasteiger partial charge in [-0.25, -0.2) is 4.98 Å². The van der Waals surface area contributed by atoms with Crippen LogP contribution in [0.2, 0.25) is 5.02 Å². The number of nitrogens with one attached hydrogen (secondary N) is 1. The van der Waals surface area contributed by atoms with Gasteiger partial charge in [0.25, 0.3) is 11.5 Å². The Labute approximate surface area is 185 Å². The molecule has 2 heterocycles. The zero-order valence-corrected chi connectivity index (χ0v) is 19.0. The Morgan fingerprint density at radius 1 is 1.30 bits per heavy atom. The first-order valence-corrected chi connectivity index (χ1v) is 11.6. The number of fused-ring (bicyclic) bond motifs is 1. The lowest BCUT2D eigenvalue weighted by Crippen LogP contribution is -2.43. The van der Waals surface area contributed by atoms with E-state index in [1.165, 1.54) is 24.1 Å². The Bertz CT molecular complexity index is 1150. The average Bonchev–Trinajstić information content (AvgIpc) is 3.06. The molecular weight excluding hydrogens is 418 g/mol. The van der Waals surface area contributed by atoms with Gasteiger partial charge in [-0.15, -0.1) is 11.3 Å². The number of aromatic nitrogens is 2. The first kappa shape index (κ1) is 21.1. The Hall–Kier alpha value is -2.18. The SMILES string of the molecule is Cc1c(C(=O)NC2CCCC(C)C2C)sc2ncn(Cc3ccccc3Cl)c(=O)c12. The lowest BCUT2D eigenvalue weighted by Gasteiger charge is -2.34. The van der Waals surface area contributed by atoms with Gasteiger partial charge in [0.05, 0.1) is 23.1 Å². The van der Waals surface area contributed by atoms with Crippen LogP contribution in [-0.2, 0) is 6.54 Å². The number of halogens is 1. The molecule has 1 fully saturated rings. The van der Waals surface area contributed by atoms with E-state index >= 15 is 0 Å². The van der Waals surface area contributed by atoms with Crippen molar-refractivity contribution in [1.82, 2.24) is 14.9 Å². The first-order chi connectivity index (χ1) is 14.4. The summed E-state index contributed by atoms with van der Waals surface area (Å²) in [5, 5.41) is 4.35. The monoisotopic (exact) mass is 443 g/mol. The summed E-state index contributed by atoms with van der Waals surface area (Å²) < 4.78 is 1.55. The van der Waals surface area contributed by atoms with Gasteiger partial charge in [-0.1, -0.05) is 56.5 Å². The standard InChI is InChI=1S/C23H26ClN3O2S/c1-13-7-6-10-18(14(13)2)26-21(28)20-15(3)19-22(30-20)25-12-27(23(19)29)11-16-8-4-5-9-17(16)24/h4-5,8-9,12-14,18H,6-7,10-11H2,1-3H3,(H,26,28). The molecular formula is C23H26ClN3O2S. The van der Waals surface area contributed by atoms with Gasteiger partial charge in [0, 0.05) is 11.1 Å². The molecule has 7 heteroatoms. The molecule has 1 aliphatic carbocycles. The number of hydrogen-bond acceptors (Lipinski definition) is 4. The fourth-order valence-corrected chi connectivity index (χ4v) is 5.56. The van der Waals surface area contributed by atoms with E-state index in [9.17, 15) is 9.59 Å². The lowest BCUT2D eigenvalue weighted by atomic mass is 9.78. The number of amides is 1. The summed E-state index contributed by atoms with van der Waals surface area (Å²) in [6.45, 7) is 6.64. The summed E-state index contributed by atoms with van der Waals surface area (Å²) in [6.07, 6.45) is 4.89. The number of aryl methyl sites for hydroxylation is 1. The Kier molecular flexibility index (Phi) is 5.98. The lowest BCUT2D eigenvalue weighted by molar-refractivity contribution is 0.0894. The molecule has 1 saturated carbocycles. The van der Waals surface area contributed by atoms with Crippen LogP contribution in [0.1, 0.15) is 53.9 Å². The molecule has 158 valence electrons. The van der Waals surface area contributed by atoms with Crippen molar-refractivity contribution in [2.75, 3.05) is 0 Å². The number of benzene rings is 1. The van der Waals surface area contributed by atoms with Crippen molar-refractivity contribution in [3.05, 3.63) is 62.0 Å². The predicted molar refractivity (Wildman–Crippen MR) is 123 cm³/mol. The molecule has 1 aliphatic rings. The molecule has 0 bridgehead atoms. The van der Waals surface area contributed by atoms with Gasteiger partial charge in [0.15, 0.2) is 0 Å². The molecule has 5 nitrogen and oxygen atoms in total. The van der Waals surface area contributed by atoms with Gasteiger partial charge in [0.1, 0.15) is 4.83 Å². The van der Waals surface area contributed by atoms with Crippen molar-refractivity contribution < 1.29 is 4.79 Å². The van der Waals surface area contributed by atoms with Gasteiger partial charge in [-0.05, 0) is 42.4 Å². The van der Waals surface area contributed by atoms with Gasteiger partial charge in [0.2, 0.25) is 0 Å². The van der Waals surface area contributed by atoms with Gasteiger partial charge >= 0.3 is 0 Å². The zero-order chi connectivity index (χ0) is 21.4. The minimum Gasteiger partial charge on any atom is -0.348 e. The summed E-state index contributed by atoms with van der Waals surface area (Å²) in [4.78, 5) is 31.8. The third-order valence-corrected chi connectivity index (χ3v) is 8.01. The Balaban J connectivity index is 1.64. The Morgan fingerprint density at radius 2 is 2.07 bits per heavy atom. The summed E-state index contributed by atoms with van der Waals surface area (Å²) in [5.41, 5.74) is 1.41. The van der Waals surface area contributed by atoms with E-state index in [0.29, 0.717) is 44.1 Å². The number of nitrogens with zero attached hydrogens (tertiary/aromatic N) is 2. The Morgan fingerprint density at radius 3 is 2.83 bits per heavy atom. The fourth-order valence-electron chi connectivity index (χ4n) is 4.32. The second kappa shape index (κ2) is 8.52. The number of carbonyl (C=O) groups is 1. The molecule has 30 heavy (non-hydrogen) atoms. The fraction of sp³-hybridized carbons (Fsp3) is 0.435.